The molecule has 8 heteroatoms. The molecule has 2 aromatic carbocycles. The van der Waals surface area contributed by atoms with Crippen LogP contribution in [0, 0.1) is 5.82 Å². The highest BCUT2D eigenvalue weighted by molar-refractivity contribution is 5.80. The molecule has 1 amide bonds. The number of nitrogens with zero attached hydrogens (tertiary/aromatic N) is 3. The number of rotatable bonds is 8. The maximum Gasteiger partial charge on any atom is 0.306 e. The van der Waals surface area contributed by atoms with Crippen molar-refractivity contribution >= 4 is 11.9 Å². The number of carbonyl (C=O) groups is 2. The Labute approximate surface area is 167 Å². The van der Waals surface area contributed by atoms with E-state index in [9.17, 15) is 14.0 Å². The molecule has 0 radical (unpaired) electrons. The van der Waals surface area contributed by atoms with Crippen molar-refractivity contribution in [2.24, 2.45) is 0 Å². The van der Waals surface area contributed by atoms with E-state index in [1.807, 2.05) is 30.3 Å². The van der Waals surface area contributed by atoms with Gasteiger partial charge in [0.15, 0.2) is 6.61 Å². The molecular formula is C21H20FN3O4. The molecule has 0 fully saturated rings. The Bertz CT molecular complexity index is 975. The van der Waals surface area contributed by atoms with Crippen LogP contribution in [0.25, 0.3) is 11.4 Å². The Morgan fingerprint density at radius 1 is 1.10 bits per heavy atom. The molecule has 3 rings (SSSR count). The lowest BCUT2D eigenvalue weighted by atomic mass is 10.2. The molecule has 0 N–H and O–H groups in total. The number of hydrogen-bond acceptors (Lipinski definition) is 6. The van der Waals surface area contributed by atoms with E-state index in [2.05, 4.69) is 10.1 Å². The third-order valence-electron chi connectivity index (χ3n) is 4.19. The summed E-state index contributed by atoms with van der Waals surface area (Å²) in [5.41, 5.74) is 1.20. The molecule has 0 unspecified atom stereocenters. The minimum absolute atomic E-state index is 0.000725. The Kier molecular flexibility index (Phi) is 6.67. The van der Waals surface area contributed by atoms with Gasteiger partial charge in [-0.3, -0.25) is 9.59 Å². The number of benzene rings is 2. The third kappa shape index (κ3) is 5.71. The van der Waals surface area contributed by atoms with E-state index in [4.69, 9.17) is 9.26 Å². The van der Waals surface area contributed by atoms with Crippen molar-refractivity contribution in [3.8, 4) is 11.4 Å². The fourth-order valence-electron chi connectivity index (χ4n) is 2.56. The maximum absolute atomic E-state index is 13.7. The highest BCUT2D eigenvalue weighted by Crippen LogP contribution is 2.15. The highest BCUT2D eigenvalue weighted by atomic mass is 19.1. The second-order valence-corrected chi connectivity index (χ2v) is 6.38. The average molecular weight is 397 g/mol. The lowest BCUT2D eigenvalue weighted by molar-refractivity contribution is -0.151. The van der Waals surface area contributed by atoms with Crippen LogP contribution in [0.1, 0.15) is 17.9 Å². The summed E-state index contributed by atoms with van der Waals surface area (Å²) < 4.78 is 23.8. The van der Waals surface area contributed by atoms with Crippen LogP contribution in [0.3, 0.4) is 0 Å². The Balaban J connectivity index is 1.42. The normalized spacial score (nSPS) is 10.6. The van der Waals surface area contributed by atoms with Crippen LogP contribution < -0.4 is 0 Å². The van der Waals surface area contributed by atoms with Gasteiger partial charge in [0.2, 0.25) is 11.7 Å². The van der Waals surface area contributed by atoms with E-state index < -0.39 is 24.3 Å². The largest absolute Gasteiger partial charge is 0.456 e. The fraction of sp³-hybridized carbons (Fsp3) is 0.238. The quantitative estimate of drug-likeness (QED) is 0.543. The third-order valence-corrected chi connectivity index (χ3v) is 4.19. The van der Waals surface area contributed by atoms with Gasteiger partial charge in [0.05, 0.1) is 6.42 Å². The molecule has 0 aliphatic rings. The summed E-state index contributed by atoms with van der Waals surface area (Å²) in [7, 11) is 1.52. The van der Waals surface area contributed by atoms with E-state index in [1.165, 1.54) is 18.0 Å². The van der Waals surface area contributed by atoms with Gasteiger partial charge in [0, 0.05) is 31.1 Å². The smallest absolute Gasteiger partial charge is 0.306 e. The van der Waals surface area contributed by atoms with E-state index in [0.29, 0.717) is 17.3 Å². The number of aryl methyl sites for hydroxylation is 1. The molecule has 150 valence electrons. The molecule has 1 heterocycles. The molecule has 0 saturated heterocycles. The van der Waals surface area contributed by atoms with Crippen molar-refractivity contribution in [2.75, 3.05) is 13.7 Å². The number of halogens is 1. The number of likely N-dealkylation sites (N-methyl/N-ethyl adjacent to an activating group) is 1. The summed E-state index contributed by atoms with van der Waals surface area (Å²) in [6.45, 7) is -0.323. The summed E-state index contributed by atoms with van der Waals surface area (Å²) >= 11 is 0. The van der Waals surface area contributed by atoms with Crippen molar-refractivity contribution in [1.82, 2.24) is 15.0 Å². The zero-order valence-corrected chi connectivity index (χ0v) is 15.9. The van der Waals surface area contributed by atoms with Gasteiger partial charge >= 0.3 is 5.97 Å². The van der Waals surface area contributed by atoms with Gasteiger partial charge in [-0.1, -0.05) is 53.7 Å². The SMILES string of the molecule is CN(Cc1ccccc1F)C(=O)COC(=O)CCc1nc(-c2ccccc2)no1. The van der Waals surface area contributed by atoms with Crippen LogP contribution >= 0.6 is 0 Å². The van der Waals surface area contributed by atoms with Crippen molar-refractivity contribution < 1.29 is 23.2 Å². The molecule has 7 nitrogen and oxygen atoms in total. The van der Waals surface area contributed by atoms with Crippen LogP contribution in [0.5, 0.6) is 0 Å². The Morgan fingerprint density at radius 3 is 2.59 bits per heavy atom. The minimum atomic E-state index is -0.558. The van der Waals surface area contributed by atoms with Crippen LogP contribution in [0.2, 0.25) is 0 Å². The molecule has 0 aliphatic heterocycles. The van der Waals surface area contributed by atoms with E-state index in [-0.39, 0.29) is 19.4 Å². The summed E-state index contributed by atoms with van der Waals surface area (Å²) in [4.78, 5) is 29.5. The summed E-state index contributed by atoms with van der Waals surface area (Å²) in [6.07, 6.45) is 0.207. The molecule has 0 aliphatic carbocycles. The van der Waals surface area contributed by atoms with Gasteiger partial charge in [0.1, 0.15) is 5.82 Å². The topological polar surface area (TPSA) is 85.5 Å². The van der Waals surface area contributed by atoms with Crippen LogP contribution in [-0.2, 0) is 27.3 Å². The first-order chi connectivity index (χ1) is 14.0. The number of carbonyl (C=O) groups excluding carboxylic acids is 2. The van der Waals surface area contributed by atoms with Crippen molar-refractivity contribution in [3.05, 3.63) is 71.9 Å². The standard InChI is InChI=1S/C21H20FN3O4/c1-25(13-16-9-5-6-10-17(16)22)19(26)14-28-20(27)12-11-18-23-21(24-29-18)15-7-3-2-4-8-15/h2-10H,11-14H2,1H3. The van der Waals surface area contributed by atoms with Gasteiger partial charge in [-0.25, -0.2) is 4.39 Å². The van der Waals surface area contributed by atoms with Crippen LogP contribution in [-0.4, -0.2) is 40.6 Å². The zero-order valence-electron chi connectivity index (χ0n) is 15.9. The van der Waals surface area contributed by atoms with Crippen LogP contribution in [0.15, 0.2) is 59.1 Å². The van der Waals surface area contributed by atoms with Gasteiger partial charge in [-0.05, 0) is 6.07 Å². The molecule has 0 bridgehead atoms. The second-order valence-electron chi connectivity index (χ2n) is 6.38. The van der Waals surface area contributed by atoms with Gasteiger partial charge in [0.25, 0.3) is 5.91 Å². The Morgan fingerprint density at radius 2 is 1.83 bits per heavy atom. The lowest BCUT2D eigenvalue weighted by Crippen LogP contribution is -2.31. The van der Waals surface area contributed by atoms with Crippen LogP contribution in [0.4, 0.5) is 4.39 Å². The Hall–Kier alpha value is -3.55. The second kappa shape index (κ2) is 9.59. The minimum Gasteiger partial charge on any atom is -0.456 e. The maximum atomic E-state index is 13.7. The van der Waals surface area contributed by atoms with Crippen molar-refractivity contribution in [2.45, 2.75) is 19.4 Å². The first kappa shape index (κ1) is 20.2. The van der Waals surface area contributed by atoms with Gasteiger partial charge < -0.3 is 14.2 Å². The predicted octanol–water partition coefficient (Wildman–Crippen LogP) is 3.01. The van der Waals surface area contributed by atoms with Gasteiger partial charge in [-0.2, -0.15) is 4.98 Å². The first-order valence-corrected chi connectivity index (χ1v) is 9.04. The van der Waals surface area contributed by atoms with E-state index in [1.54, 1.807) is 18.2 Å². The number of amides is 1. The molecule has 0 atom stereocenters. The van der Waals surface area contributed by atoms with Crippen molar-refractivity contribution in [1.29, 1.82) is 0 Å². The monoisotopic (exact) mass is 397 g/mol. The molecule has 0 spiro atoms. The number of hydrogen-bond donors (Lipinski definition) is 0. The van der Waals surface area contributed by atoms with E-state index in [0.717, 1.165) is 5.56 Å². The molecule has 29 heavy (non-hydrogen) atoms. The zero-order chi connectivity index (χ0) is 20.6. The summed E-state index contributed by atoms with van der Waals surface area (Å²) in [6, 6.07) is 15.5. The fourth-order valence-corrected chi connectivity index (χ4v) is 2.56. The summed E-state index contributed by atoms with van der Waals surface area (Å²) in [5, 5.41) is 3.88. The summed E-state index contributed by atoms with van der Waals surface area (Å²) in [5.74, 6) is -0.621. The molecule has 1 aromatic heterocycles. The molecular weight excluding hydrogens is 377 g/mol. The van der Waals surface area contributed by atoms with Crippen molar-refractivity contribution in [3.63, 3.8) is 0 Å². The molecule has 3 aromatic rings. The first-order valence-electron chi connectivity index (χ1n) is 9.04. The average Bonchev–Trinajstić information content (AvgIpc) is 3.22. The van der Waals surface area contributed by atoms with Gasteiger partial charge in [-0.15, -0.1) is 0 Å². The predicted molar refractivity (Wildman–Crippen MR) is 102 cm³/mol. The number of esters is 1. The lowest BCUT2D eigenvalue weighted by Gasteiger charge is -2.17. The van der Waals surface area contributed by atoms with E-state index >= 15 is 0 Å². The number of ether oxygens (including phenoxy) is 1. The molecule has 0 saturated carbocycles. The highest BCUT2D eigenvalue weighted by Gasteiger charge is 2.15. The number of aromatic nitrogens is 2.